The number of hydrazone groups is 1. The van der Waals surface area contributed by atoms with E-state index in [-0.39, 0.29) is 47.5 Å². The topological polar surface area (TPSA) is 161 Å². The van der Waals surface area contributed by atoms with E-state index in [1.54, 1.807) is 48.5 Å². The highest BCUT2D eigenvalue weighted by molar-refractivity contribution is 6.21. The summed E-state index contributed by atoms with van der Waals surface area (Å²) >= 11 is 0. The number of carbonyl (C=O) groups is 3. The molecule has 40 heavy (non-hydrogen) atoms. The van der Waals surface area contributed by atoms with Crippen molar-refractivity contribution >= 4 is 40.6 Å². The molecule has 0 bridgehead atoms. The predicted molar refractivity (Wildman–Crippen MR) is 143 cm³/mol. The first kappa shape index (κ1) is 26.0. The molecule has 1 aromatic heterocycles. The quantitative estimate of drug-likeness (QED) is 0.0842. The lowest BCUT2D eigenvalue weighted by Crippen LogP contribution is -2.31. The first-order valence-electron chi connectivity index (χ1n) is 12.1. The number of nitro benzene ring substituents is 1. The van der Waals surface area contributed by atoms with Crippen molar-refractivity contribution in [3.8, 4) is 5.75 Å². The summed E-state index contributed by atoms with van der Waals surface area (Å²) in [6.07, 6.45) is 1.45. The van der Waals surface area contributed by atoms with E-state index in [0.29, 0.717) is 28.5 Å². The molecule has 0 saturated carbocycles. The Morgan fingerprint density at radius 3 is 2.42 bits per heavy atom. The molecule has 0 atom stereocenters. The molecule has 0 unspecified atom stereocenters. The number of non-ortho nitro benzene ring substituents is 1. The smallest absolute Gasteiger partial charge is 0.349 e. The average Bonchev–Trinajstić information content (AvgIpc) is 3.20. The highest BCUT2D eigenvalue weighted by Gasteiger charge is 2.34. The van der Waals surface area contributed by atoms with Gasteiger partial charge in [-0.3, -0.25) is 29.4 Å². The number of rotatable bonds is 9. The van der Waals surface area contributed by atoms with E-state index in [2.05, 4.69) is 10.5 Å². The van der Waals surface area contributed by atoms with Crippen molar-refractivity contribution in [2.45, 2.75) is 6.42 Å². The number of imide groups is 1. The molecule has 1 N–H and O–H groups in total. The van der Waals surface area contributed by atoms with Gasteiger partial charge in [0.15, 0.2) is 0 Å². The molecule has 0 saturated heterocycles. The number of ether oxygens (including phenoxy) is 1. The van der Waals surface area contributed by atoms with Gasteiger partial charge in [-0.05, 0) is 36.8 Å². The van der Waals surface area contributed by atoms with Crippen LogP contribution in [0, 0.1) is 10.1 Å². The van der Waals surface area contributed by atoms with Crippen molar-refractivity contribution < 1.29 is 28.5 Å². The monoisotopic (exact) mass is 540 g/mol. The molecule has 0 spiro atoms. The van der Waals surface area contributed by atoms with Crippen LogP contribution in [0.3, 0.4) is 0 Å². The first-order chi connectivity index (χ1) is 19.3. The molecule has 12 heteroatoms. The highest BCUT2D eigenvalue weighted by Crippen LogP contribution is 2.25. The Balaban J connectivity index is 1.25. The lowest BCUT2D eigenvalue weighted by molar-refractivity contribution is -0.384. The number of nitrogens with zero attached hydrogens (tertiary/aromatic N) is 3. The van der Waals surface area contributed by atoms with Crippen molar-refractivity contribution in [2.75, 3.05) is 13.2 Å². The Morgan fingerprint density at radius 2 is 1.70 bits per heavy atom. The van der Waals surface area contributed by atoms with Crippen LogP contribution < -0.4 is 15.8 Å². The molecular weight excluding hydrogens is 520 g/mol. The molecular formula is C28H20N4O8. The van der Waals surface area contributed by atoms with Crippen molar-refractivity contribution in [1.82, 2.24) is 10.3 Å². The van der Waals surface area contributed by atoms with E-state index in [0.717, 1.165) is 11.1 Å². The third-order valence-electron chi connectivity index (χ3n) is 6.12. The van der Waals surface area contributed by atoms with Crippen LogP contribution in [0.5, 0.6) is 5.75 Å². The summed E-state index contributed by atoms with van der Waals surface area (Å²) in [5.74, 6) is -1.36. The van der Waals surface area contributed by atoms with Gasteiger partial charge in [0.1, 0.15) is 16.9 Å². The number of para-hydroxylation sites is 1. The van der Waals surface area contributed by atoms with Gasteiger partial charge in [-0.1, -0.05) is 30.3 Å². The maximum Gasteiger partial charge on any atom is 0.349 e. The molecule has 0 radical (unpaired) electrons. The largest absolute Gasteiger partial charge is 0.493 e. The number of benzene rings is 3. The average molecular weight is 540 g/mol. The van der Waals surface area contributed by atoms with Gasteiger partial charge in [-0.2, -0.15) is 5.10 Å². The molecule has 0 aliphatic carbocycles. The zero-order valence-electron chi connectivity index (χ0n) is 20.7. The van der Waals surface area contributed by atoms with E-state index in [9.17, 15) is 29.3 Å². The van der Waals surface area contributed by atoms with E-state index >= 15 is 0 Å². The van der Waals surface area contributed by atoms with Crippen LogP contribution in [-0.4, -0.2) is 46.9 Å². The Kier molecular flexibility index (Phi) is 7.14. The van der Waals surface area contributed by atoms with E-state index in [4.69, 9.17) is 9.15 Å². The van der Waals surface area contributed by atoms with Crippen molar-refractivity contribution in [2.24, 2.45) is 5.10 Å². The molecule has 12 nitrogen and oxygen atoms in total. The van der Waals surface area contributed by atoms with Crippen molar-refractivity contribution in [3.63, 3.8) is 0 Å². The lowest BCUT2D eigenvalue weighted by atomic mass is 10.1. The van der Waals surface area contributed by atoms with Gasteiger partial charge in [-0.25, -0.2) is 10.2 Å². The first-order valence-corrected chi connectivity index (χ1v) is 12.1. The van der Waals surface area contributed by atoms with Crippen LogP contribution in [0.4, 0.5) is 5.69 Å². The SMILES string of the molecule is O=C(N/N=C/c1cc([N+](=O)[O-])ccc1OCCCN1C(=O)c2ccccc2C1=O)c1cc2ccccc2oc1=O. The van der Waals surface area contributed by atoms with Gasteiger partial charge in [0.2, 0.25) is 0 Å². The fourth-order valence-corrected chi connectivity index (χ4v) is 4.17. The van der Waals surface area contributed by atoms with Gasteiger partial charge in [-0.15, -0.1) is 0 Å². The summed E-state index contributed by atoms with van der Waals surface area (Å²) in [5, 5.41) is 15.7. The molecule has 3 aromatic carbocycles. The van der Waals surface area contributed by atoms with Crippen LogP contribution in [0.2, 0.25) is 0 Å². The van der Waals surface area contributed by atoms with Crippen LogP contribution in [0.15, 0.2) is 87.1 Å². The zero-order chi connectivity index (χ0) is 28.2. The molecule has 1 aliphatic heterocycles. The Bertz CT molecular complexity index is 1730. The van der Waals surface area contributed by atoms with Crippen LogP contribution >= 0.6 is 0 Å². The summed E-state index contributed by atoms with van der Waals surface area (Å²) in [6.45, 7) is 0.198. The summed E-state index contributed by atoms with van der Waals surface area (Å²) in [7, 11) is 0. The van der Waals surface area contributed by atoms with Gasteiger partial charge in [0.25, 0.3) is 23.4 Å². The van der Waals surface area contributed by atoms with Crippen molar-refractivity contribution in [3.05, 3.63) is 116 Å². The third-order valence-corrected chi connectivity index (χ3v) is 6.12. The molecule has 200 valence electrons. The number of hydrogen-bond donors (Lipinski definition) is 1. The van der Waals surface area contributed by atoms with Gasteiger partial charge >= 0.3 is 5.63 Å². The maximum absolute atomic E-state index is 12.5. The highest BCUT2D eigenvalue weighted by atomic mass is 16.6. The van der Waals surface area contributed by atoms with Gasteiger partial charge in [0.05, 0.1) is 28.9 Å². The summed E-state index contributed by atoms with van der Waals surface area (Å²) in [4.78, 5) is 61.6. The molecule has 5 rings (SSSR count). The molecule has 3 amide bonds. The van der Waals surface area contributed by atoms with E-state index in [1.165, 1.54) is 24.3 Å². The van der Waals surface area contributed by atoms with Crippen LogP contribution in [0.1, 0.15) is 43.1 Å². The second-order valence-electron chi connectivity index (χ2n) is 8.67. The van der Waals surface area contributed by atoms with Crippen LogP contribution in [0.25, 0.3) is 11.0 Å². The molecule has 0 fully saturated rings. The lowest BCUT2D eigenvalue weighted by Gasteiger charge is -2.14. The number of carbonyl (C=O) groups excluding carboxylic acids is 3. The van der Waals surface area contributed by atoms with E-state index in [1.807, 2.05) is 0 Å². The normalized spacial score (nSPS) is 12.7. The Hall–Kier alpha value is -5.65. The number of hydrogen-bond acceptors (Lipinski definition) is 9. The van der Waals surface area contributed by atoms with Crippen molar-refractivity contribution in [1.29, 1.82) is 0 Å². The number of fused-ring (bicyclic) bond motifs is 2. The second kappa shape index (κ2) is 11.0. The second-order valence-corrected chi connectivity index (χ2v) is 8.67. The summed E-state index contributed by atoms with van der Waals surface area (Å²) < 4.78 is 10.9. The number of nitrogens with one attached hydrogen (secondary N) is 1. The fraction of sp³-hybridized carbons (Fsp3) is 0.107. The summed E-state index contributed by atoms with van der Waals surface area (Å²) in [6, 6.07) is 18.5. The molecule has 4 aromatic rings. The minimum Gasteiger partial charge on any atom is -0.493 e. The minimum absolute atomic E-state index is 0.0799. The Morgan fingerprint density at radius 1 is 1.00 bits per heavy atom. The fourth-order valence-electron chi connectivity index (χ4n) is 4.17. The minimum atomic E-state index is -0.844. The standard InChI is InChI=1S/C28H20N4O8/c33-25(22-15-17-6-1-4-9-24(17)40-28(22)36)30-29-16-18-14-19(32(37)38)10-11-23(18)39-13-5-12-31-26(34)20-7-2-3-8-21(20)27(31)35/h1-4,6-11,14-16H,5,12-13H2,(H,30,33)/b29-16+. The Labute approximate surface area is 225 Å². The predicted octanol–water partition coefficient (Wildman–Crippen LogP) is 3.53. The molecule has 1 aliphatic rings. The summed E-state index contributed by atoms with van der Waals surface area (Å²) in [5.41, 5.74) is 2.09. The molecule has 2 heterocycles. The zero-order valence-corrected chi connectivity index (χ0v) is 20.7. The van der Waals surface area contributed by atoms with E-state index < -0.39 is 16.5 Å². The number of nitro groups is 1. The third kappa shape index (κ3) is 5.18. The van der Waals surface area contributed by atoms with Crippen LogP contribution in [-0.2, 0) is 0 Å². The maximum atomic E-state index is 12.5. The van der Waals surface area contributed by atoms with Gasteiger partial charge < -0.3 is 9.15 Å². The van der Waals surface area contributed by atoms with Gasteiger partial charge in [0, 0.05) is 29.6 Å². The number of amides is 3.